The zero-order chi connectivity index (χ0) is 18.7. The van der Waals surface area contributed by atoms with Gasteiger partial charge in [-0.15, -0.1) is 0 Å². The van der Waals surface area contributed by atoms with Crippen LogP contribution in [0.3, 0.4) is 0 Å². The summed E-state index contributed by atoms with van der Waals surface area (Å²) in [4.78, 5) is 22.4. The summed E-state index contributed by atoms with van der Waals surface area (Å²) in [5.41, 5.74) is 8.21. The molecule has 134 valence electrons. The second-order valence-electron chi connectivity index (χ2n) is 6.23. The number of amides is 1. The number of rotatable bonds is 4. The number of nitrogens with zero attached hydrogens (tertiary/aromatic N) is 1. The monoisotopic (exact) mass is 370 g/mol. The Balaban J connectivity index is 1.45. The lowest BCUT2D eigenvalue weighted by Gasteiger charge is -2.11. The lowest BCUT2D eigenvalue weighted by molar-refractivity contribution is -0.384. The van der Waals surface area contributed by atoms with Gasteiger partial charge in [-0.05, 0) is 49.2 Å². The first kappa shape index (κ1) is 17.8. The van der Waals surface area contributed by atoms with Crippen LogP contribution in [0.25, 0.3) is 0 Å². The van der Waals surface area contributed by atoms with Crippen molar-refractivity contribution in [3.05, 3.63) is 69.8 Å². The molecule has 3 rings (SSSR count). The average Bonchev–Trinajstić information content (AvgIpc) is 3.41. The highest BCUT2D eigenvalue weighted by atomic mass is 32.1. The van der Waals surface area contributed by atoms with Crippen molar-refractivity contribution in [3.63, 3.8) is 0 Å². The van der Waals surface area contributed by atoms with Crippen LogP contribution in [-0.2, 0) is 4.79 Å². The van der Waals surface area contributed by atoms with E-state index in [9.17, 15) is 14.9 Å². The second-order valence-corrected chi connectivity index (χ2v) is 6.64. The Bertz CT molecular complexity index is 837. The predicted molar refractivity (Wildman–Crippen MR) is 103 cm³/mol. The largest absolute Gasteiger partial charge is 0.331 e. The minimum Gasteiger partial charge on any atom is -0.331 e. The third kappa shape index (κ3) is 4.34. The Hall–Kier alpha value is -3.00. The van der Waals surface area contributed by atoms with Gasteiger partial charge in [0.2, 0.25) is 5.91 Å². The van der Waals surface area contributed by atoms with Gasteiger partial charge in [-0.2, -0.15) is 0 Å². The number of nitrogens with one attached hydrogen (secondary N) is 3. The highest BCUT2D eigenvalue weighted by Gasteiger charge is 2.43. The maximum atomic E-state index is 12.2. The molecule has 1 saturated carbocycles. The second kappa shape index (κ2) is 7.49. The van der Waals surface area contributed by atoms with E-state index in [0.29, 0.717) is 5.69 Å². The van der Waals surface area contributed by atoms with E-state index in [-0.39, 0.29) is 28.5 Å². The zero-order valence-electron chi connectivity index (χ0n) is 14.1. The topological polar surface area (TPSA) is 96.3 Å². The van der Waals surface area contributed by atoms with Gasteiger partial charge in [-0.25, -0.2) is 0 Å². The van der Waals surface area contributed by atoms with Crippen LogP contribution in [0.15, 0.2) is 48.5 Å². The first-order chi connectivity index (χ1) is 12.4. The predicted octanol–water partition coefficient (Wildman–Crippen LogP) is 3.02. The number of carbonyl (C=O) groups is 1. The Kier molecular flexibility index (Phi) is 5.13. The summed E-state index contributed by atoms with van der Waals surface area (Å²) >= 11 is 5.11. The third-order valence-electron chi connectivity index (χ3n) is 4.27. The molecule has 0 bridgehead atoms. The van der Waals surface area contributed by atoms with Crippen molar-refractivity contribution >= 4 is 34.6 Å². The Morgan fingerprint density at radius 1 is 1.12 bits per heavy atom. The van der Waals surface area contributed by atoms with Crippen LogP contribution in [0.4, 0.5) is 11.4 Å². The summed E-state index contributed by atoms with van der Waals surface area (Å²) < 4.78 is 0. The fourth-order valence-corrected chi connectivity index (χ4v) is 2.88. The molecule has 0 saturated heterocycles. The van der Waals surface area contributed by atoms with Crippen molar-refractivity contribution in [1.82, 2.24) is 10.9 Å². The molecule has 1 fully saturated rings. The van der Waals surface area contributed by atoms with Crippen LogP contribution >= 0.6 is 12.2 Å². The maximum Gasteiger partial charge on any atom is 0.269 e. The molecule has 1 aliphatic rings. The molecule has 2 unspecified atom stereocenters. The molecule has 3 N–H and O–H groups in total. The van der Waals surface area contributed by atoms with E-state index in [1.165, 1.54) is 23.3 Å². The third-order valence-corrected chi connectivity index (χ3v) is 4.47. The molecule has 0 aromatic heterocycles. The molecule has 0 aliphatic heterocycles. The minimum absolute atomic E-state index is 0.00129. The van der Waals surface area contributed by atoms with Crippen molar-refractivity contribution in [1.29, 1.82) is 0 Å². The SMILES string of the molecule is Cc1ccc(C2CC2C(=O)NNC(=S)Nc2ccc([N+](=O)[O-])cc2)cc1. The van der Waals surface area contributed by atoms with Crippen LogP contribution in [-0.4, -0.2) is 15.9 Å². The van der Waals surface area contributed by atoms with E-state index >= 15 is 0 Å². The summed E-state index contributed by atoms with van der Waals surface area (Å²) in [5, 5.41) is 13.7. The summed E-state index contributed by atoms with van der Waals surface area (Å²) in [6.07, 6.45) is 0.819. The number of hydrogen-bond acceptors (Lipinski definition) is 4. The van der Waals surface area contributed by atoms with Crippen molar-refractivity contribution < 1.29 is 9.72 Å². The summed E-state index contributed by atoms with van der Waals surface area (Å²) in [7, 11) is 0. The number of hydrazine groups is 1. The van der Waals surface area contributed by atoms with E-state index in [1.807, 2.05) is 19.1 Å². The van der Waals surface area contributed by atoms with E-state index in [4.69, 9.17) is 12.2 Å². The molecular formula is C18H18N4O3S. The van der Waals surface area contributed by atoms with E-state index < -0.39 is 4.92 Å². The van der Waals surface area contributed by atoms with Gasteiger partial charge < -0.3 is 5.32 Å². The van der Waals surface area contributed by atoms with Crippen LogP contribution in [0.5, 0.6) is 0 Å². The number of anilines is 1. The zero-order valence-corrected chi connectivity index (χ0v) is 14.9. The number of carbonyl (C=O) groups excluding carboxylic acids is 1. The minimum atomic E-state index is -0.472. The number of aryl methyl sites for hydroxylation is 1. The molecule has 26 heavy (non-hydrogen) atoms. The Morgan fingerprint density at radius 2 is 1.77 bits per heavy atom. The van der Waals surface area contributed by atoms with Gasteiger partial charge in [-0.3, -0.25) is 25.8 Å². The van der Waals surface area contributed by atoms with Crippen molar-refractivity contribution in [3.8, 4) is 0 Å². The maximum absolute atomic E-state index is 12.2. The quantitative estimate of drug-likeness (QED) is 0.435. The van der Waals surface area contributed by atoms with Crippen LogP contribution in [0.2, 0.25) is 0 Å². The highest BCUT2D eigenvalue weighted by Crippen LogP contribution is 2.47. The van der Waals surface area contributed by atoms with Crippen LogP contribution in [0.1, 0.15) is 23.5 Å². The number of hydrogen-bond donors (Lipinski definition) is 3. The molecular weight excluding hydrogens is 352 g/mol. The smallest absolute Gasteiger partial charge is 0.269 e. The first-order valence-corrected chi connectivity index (χ1v) is 8.53. The summed E-state index contributed by atoms with van der Waals surface area (Å²) in [6, 6.07) is 14.0. The van der Waals surface area contributed by atoms with Crippen molar-refractivity contribution in [2.24, 2.45) is 5.92 Å². The van der Waals surface area contributed by atoms with Gasteiger partial charge in [0, 0.05) is 23.7 Å². The molecule has 2 atom stereocenters. The molecule has 2 aromatic rings. The van der Waals surface area contributed by atoms with Gasteiger partial charge in [0.15, 0.2) is 5.11 Å². The average molecular weight is 370 g/mol. The van der Waals surface area contributed by atoms with E-state index in [0.717, 1.165) is 6.42 Å². The van der Waals surface area contributed by atoms with Gasteiger partial charge >= 0.3 is 0 Å². The fraction of sp³-hybridized carbons (Fsp3) is 0.222. The van der Waals surface area contributed by atoms with Gasteiger partial charge in [0.1, 0.15) is 0 Å². The van der Waals surface area contributed by atoms with Crippen molar-refractivity contribution in [2.45, 2.75) is 19.3 Å². The number of nitro groups is 1. The summed E-state index contributed by atoms with van der Waals surface area (Å²) in [6.45, 7) is 2.03. The Morgan fingerprint density at radius 3 is 2.38 bits per heavy atom. The normalized spacial score (nSPS) is 17.9. The lowest BCUT2D eigenvalue weighted by Crippen LogP contribution is -2.44. The molecule has 0 heterocycles. The summed E-state index contributed by atoms with van der Waals surface area (Å²) in [5.74, 6) is 0.0735. The van der Waals surface area contributed by atoms with E-state index in [1.54, 1.807) is 12.1 Å². The molecule has 0 radical (unpaired) electrons. The number of non-ortho nitro benzene ring substituents is 1. The number of thiocarbonyl (C=S) groups is 1. The molecule has 0 spiro atoms. The van der Waals surface area contributed by atoms with Crippen LogP contribution < -0.4 is 16.2 Å². The molecule has 7 nitrogen and oxygen atoms in total. The van der Waals surface area contributed by atoms with Crippen LogP contribution in [0, 0.1) is 23.0 Å². The van der Waals surface area contributed by atoms with Gasteiger partial charge in [0.05, 0.1) is 4.92 Å². The molecule has 1 aliphatic carbocycles. The fourth-order valence-electron chi connectivity index (χ4n) is 2.71. The first-order valence-electron chi connectivity index (χ1n) is 8.12. The van der Waals surface area contributed by atoms with Crippen molar-refractivity contribution in [2.75, 3.05) is 5.32 Å². The molecule has 2 aromatic carbocycles. The molecule has 8 heteroatoms. The lowest BCUT2D eigenvalue weighted by atomic mass is 10.1. The van der Waals surface area contributed by atoms with E-state index in [2.05, 4.69) is 28.3 Å². The van der Waals surface area contributed by atoms with Gasteiger partial charge in [0.25, 0.3) is 5.69 Å². The molecule has 1 amide bonds. The Labute approximate surface area is 155 Å². The standard InChI is InChI=1S/C18H18N4O3S/c1-11-2-4-12(5-3-11)15-10-16(15)17(23)20-21-18(26)19-13-6-8-14(9-7-13)22(24)25/h2-9,15-16H,10H2,1H3,(H,20,23)(H2,19,21,26). The number of benzene rings is 2. The number of nitro benzene ring substituents is 1. The van der Waals surface area contributed by atoms with Gasteiger partial charge in [-0.1, -0.05) is 29.8 Å². The highest BCUT2D eigenvalue weighted by molar-refractivity contribution is 7.80.